The largest absolute Gasteiger partial charge is 0.483 e. The van der Waals surface area contributed by atoms with Gasteiger partial charge < -0.3 is 4.74 Å². The van der Waals surface area contributed by atoms with Crippen LogP contribution in [0.1, 0.15) is 116 Å². The van der Waals surface area contributed by atoms with Crippen LogP contribution in [-0.2, 0) is 9.59 Å². The average molecular weight is 433 g/mol. The molecule has 1 unspecified atom stereocenters. The maximum Gasteiger partial charge on any atom is 0.276 e. The van der Waals surface area contributed by atoms with Crippen molar-refractivity contribution in [2.75, 3.05) is 6.61 Å². The molecule has 1 aromatic rings. The highest BCUT2D eigenvalue weighted by Gasteiger charge is 2.11. The summed E-state index contributed by atoms with van der Waals surface area (Å²) in [5.74, 6) is 0.583. The predicted octanol–water partition coefficient (Wildman–Crippen LogP) is 6.43. The Labute approximate surface area is 189 Å². The van der Waals surface area contributed by atoms with Gasteiger partial charge in [-0.15, -0.1) is 0 Å². The Kier molecular flexibility index (Phi) is 15.3. The second-order valence-corrected chi connectivity index (χ2v) is 8.52. The molecule has 0 saturated heterocycles. The number of carbonyl (C=O) groups is 2. The van der Waals surface area contributed by atoms with Crippen LogP contribution in [0, 0.1) is 0 Å². The lowest BCUT2D eigenvalue weighted by Gasteiger charge is -2.15. The minimum atomic E-state index is -0.355. The molecule has 0 aliphatic rings. The summed E-state index contributed by atoms with van der Waals surface area (Å²) >= 11 is 0. The average Bonchev–Trinajstić information content (AvgIpc) is 2.79. The van der Waals surface area contributed by atoms with E-state index in [1.165, 1.54) is 57.8 Å². The maximum atomic E-state index is 12.0. The summed E-state index contributed by atoms with van der Waals surface area (Å²) in [4.78, 5) is 23.9. The summed E-state index contributed by atoms with van der Waals surface area (Å²) < 4.78 is 5.66. The summed E-state index contributed by atoms with van der Waals surface area (Å²) in [6.07, 6.45) is 15.2. The lowest BCUT2D eigenvalue weighted by atomic mass is 9.98. The van der Waals surface area contributed by atoms with Crippen LogP contribution in [0.15, 0.2) is 24.3 Å². The van der Waals surface area contributed by atoms with Gasteiger partial charge in [-0.1, -0.05) is 103 Å². The second kappa shape index (κ2) is 17.6. The number of rotatable bonds is 17. The summed E-state index contributed by atoms with van der Waals surface area (Å²) in [5, 5.41) is 0. The fraction of sp³-hybridized carbons (Fsp3) is 0.692. The number of benzene rings is 1. The molecule has 0 bridgehead atoms. The van der Waals surface area contributed by atoms with Gasteiger partial charge in [0.1, 0.15) is 5.75 Å². The number of hydrazine groups is 1. The van der Waals surface area contributed by atoms with Gasteiger partial charge >= 0.3 is 0 Å². The molecule has 1 aromatic carbocycles. The van der Waals surface area contributed by atoms with Crippen molar-refractivity contribution in [2.24, 2.45) is 0 Å². The molecule has 0 heterocycles. The topological polar surface area (TPSA) is 67.4 Å². The number of hydrogen-bond acceptors (Lipinski definition) is 3. The van der Waals surface area contributed by atoms with Gasteiger partial charge in [0, 0.05) is 6.42 Å². The summed E-state index contributed by atoms with van der Waals surface area (Å²) in [7, 11) is 0. The zero-order valence-electron chi connectivity index (χ0n) is 20.0. The quantitative estimate of drug-likeness (QED) is 0.220. The summed E-state index contributed by atoms with van der Waals surface area (Å²) in [6.45, 7) is 6.39. The number of carbonyl (C=O) groups excluding carboxylic acids is 2. The van der Waals surface area contributed by atoms with Gasteiger partial charge in [-0.05, 0) is 30.4 Å². The number of nitrogens with one attached hydrogen (secondary N) is 2. The fourth-order valence-electron chi connectivity index (χ4n) is 3.57. The lowest BCUT2D eigenvalue weighted by Crippen LogP contribution is -2.43. The molecule has 176 valence electrons. The van der Waals surface area contributed by atoms with Gasteiger partial charge in [-0.25, -0.2) is 0 Å². The molecule has 0 radical (unpaired) electrons. The van der Waals surface area contributed by atoms with Crippen LogP contribution in [0.5, 0.6) is 5.75 Å². The van der Waals surface area contributed by atoms with Gasteiger partial charge in [-0.3, -0.25) is 20.4 Å². The molecule has 0 aliphatic heterocycles. The van der Waals surface area contributed by atoms with Gasteiger partial charge in [0.05, 0.1) is 0 Å². The molecular formula is C26H44N2O3. The van der Waals surface area contributed by atoms with Gasteiger partial charge in [0.25, 0.3) is 5.91 Å². The van der Waals surface area contributed by atoms with Crippen LogP contribution in [0.2, 0.25) is 0 Å². The van der Waals surface area contributed by atoms with E-state index in [4.69, 9.17) is 4.74 Å². The molecule has 0 aliphatic carbocycles. The third-order valence-corrected chi connectivity index (χ3v) is 5.77. The van der Waals surface area contributed by atoms with Crippen molar-refractivity contribution in [2.45, 2.75) is 110 Å². The zero-order chi connectivity index (χ0) is 22.7. The minimum Gasteiger partial charge on any atom is -0.483 e. The Hall–Kier alpha value is -2.04. The van der Waals surface area contributed by atoms with E-state index >= 15 is 0 Å². The van der Waals surface area contributed by atoms with Crippen LogP contribution >= 0.6 is 0 Å². The van der Waals surface area contributed by atoms with Crippen LogP contribution in [0.25, 0.3) is 0 Å². The highest BCUT2D eigenvalue weighted by molar-refractivity contribution is 5.82. The Balaban J connectivity index is 2.06. The van der Waals surface area contributed by atoms with E-state index in [1.807, 2.05) is 24.3 Å². The van der Waals surface area contributed by atoms with E-state index in [0.29, 0.717) is 12.3 Å². The van der Waals surface area contributed by atoms with Crippen LogP contribution in [0.4, 0.5) is 0 Å². The molecule has 2 N–H and O–H groups in total. The second-order valence-electron chi connectivity index (χ2n) is 8.52. The van der Waals surface area contributed by atoms with E-state index in [0.717, 1.165) is 30.6 Å². The van der Waals surface area contributed by atoms with Crippen molar-refractivity contribution in [3.8, 4) is 5.75 Å². The van der Waals surface area contributed by atoms with Crippen molar-refractivity contribution < 1.29 is 14.3 Å². The number of amides is 2. The first-order valence-electron chi connectivity index (χ1n) is 12.4. The molecular weight excluding hydrogens is 388 g/mol. The number of para-hydroxylation sites is 1. The number of hydrogen-bond donors (Lipinski definition) is 2. The monoisotopic (exact) mass is 432 g/mol. The molecule has 1 rings (SSSR count). The Morgan fingerprint density at radius 3 is 1.97 bits per heavy atom. The molecule has 0 spiro atoms. The molecule has 5 heteroatoms. The van der Waals surface area contributed by atoms with Crippen LogP contribution < -0.4 is 15.6 Å². The SMILES string of the molecule is CCCCCCCCCCCCCC(=O)NNC(=O)COc1ccccc1C(C)CC. The number of ether oxygens (including phenoxy) is 1. The highest BCUT2D eigenvalue weighted by atomic mass is 16.5. The molecule has 0 saturated carbocycles. The minimum absolute atomic E-state index is 0.119. The Morgan fingerprint density at radius 2 is 1.35 bits per heavy atom. The molecule has 5 nitrogen and oxygen atoms in total. The van der Waals surface area contributed by atoms with Crippen molar-refractivity contribution in [1.29, 1.82) is 0 Å². The van der Waals surface area contributed by atoms with E-state index in [-0.39, 0.29) is 18.4 Å². The van der Waals surface area contributed by atoms with Gasteiger partial charge in [0.2, 0.25) is 5.91 Å². The van der Waals surface area contributed by atoms with E-state index in [2.05, 4.69) is 31.6 Å². The standard InChI is InChI=1S/C26H44N2O3/c1-4-6-7-8-9-10-11-12-13-14-15-20-25(29)27-28-26(30)21-31-24-19-17-16-18-23(24)22(3)5-2/h16-19,22H,4-15,20-21H2,1-3H3,(H,27,29)(H,28,30). The first-order valence-corrected chi connectivity index (χ1v) is 12.4. The smallest absolute Gasteiger partial charge is 0.276 e. The van der Waals surface area contributed by atoms with Gasteiger partial charge in [0.15, 0.2) is 6.61 Å². The van der Waals surface area contributed by atoms with E-state index in [1.54, 1.807) is 0 Å². The Bertz CT molecular complexity index is 618. The first kappa shape index (κ1) is 27.0. The van der Waals surface area contributed by atoms with Crippen molar-refractivity contribution in [3.63, 3.8) is 0 Å². The van der Waals surface area contributed by atoms with Crippen molar-refractivity contribution >= 4 is 11.8 Å². The highest BCUT2D eigenvalue weighted by Crippen LogP contribution is 2.28. The van der Waals surface area contributed by atoms with Crippen LogP contribution in [-0.4, -0.2) is 18.4 Å². The van der Waals surface area contributed by atoms with Crippen LogP contribution in [0.3, 0.4) is 0 Å². The zero-order valence-corrected chi connectivity index (χ0v) is 20.0. The summed E-state index contributed by atoms with van der Waals surface area (Å²) in [5.41, 5.74) is 6.02. The summed E-state index contributed by atoms with van der Waals surface area (Å²) in [6, 6.07) is 7.77. The molecule has 0 fully saturated rings. The Morgan fingerprint density at radius 1 is 0.806 bits per heavy atom. The maximum absolute atomic E-state index is 12.0. The van der Waals surface area contributed by atoms with Crippen molar-refractivity contribution in [1.82, 2.24) is 10.9 Å². The molecule has 1 atom stereocenters. The third kappa shape index (κ3) is 13.1. The fourth-order valence-corrected chi connectivity index (χ4v) is 3.57. The number of unbranched alkanes of at least 4 members (excludes halogenated alkanes) is 10. The molecule has 31 heavy (non-hydrogen) atoms. The van der Waals surface area contributed by atoms with E-state index in [9.17, 15) is 9.59 Å². The molecule has 2 amide bonds. The van der Waals surface area contributed by atoms with E-state index < -0.39 is 0 Å². The lowest BCUT2D eigenvalue weighted by molar-refractivity contribution is -0.130. The first-order chi connectivity index (χ1) is 15.1. The van der Waals surface area contributed by atoms with Crippen molar-refractivity contribution in [3.05, 3.63) is 29.8 Å². The normalized spacial score (nSPS) is 11.7. The molecule has 0 aromatic heterocycles. The third-order valence-electron chi connectivity index (χ3n) is 5.77. The van der Waals surface area contributed by atoms with Gasteiger partial charge in [-0.2, -0.15) is 0 Å². The predicted molar refractivity (Wildman–Crippen MR) is 128 cm³/mol.